The molecule has 0 saturated carbocycles. The minimum Gasteiger partial charge on any atom is -0.456 e. The number of hydrogen-bond donors (Lipinski definition) is 2. The van der Waals surface area contributed by atoms with E-state index in [0.29, 0.717) is 5.56 Å². The Morgan fingerprint density at radius 2 is 0.758 bits per heavy atom. The number of benzene rings is 3. The lowest BCUT2D eigenvalue weighted by Gasteiger charge is -2.37. The van der Waals surface area contributed by atoms with Gasteiger partial charge >= 0.3 is 5.97 Å². The van der Waals surface area contributed by atoms with Crippen LogP contribution in [0.3, 0.4) is 0 Å². The summed E-state index contributed by atoms with van der Waals surface area (Å²) >= 11 is 0. The number of unbranched alkanes of at least 4 members (excludes halogenated alkanes) is 30. The van der Waals surface area contributed by atoms with Gasteiger partial charge in [-0.05, 0) is 43.2 Å². The maximum absolute atomic E-state index is 13.4. The first kappa shape index (κ1) is 51.2. The molecule has 2 aliphatic heterocycles. The number of esters is 1. The molecule has 5 nitrogen and oxygen atoms in total. The van der Waals surface area contributed by atoms with Crippen molar-refractivity contribution in [1.82, 2.24) is 0 Å². The summed E-state index contributed by atoms with van der Waals surface area (Å²) in [6.45, 7) is 6.46. The van der Waals surface area contributed by atoms with Crippen LogP contribution in [0.1, 0.15) is 254 Å². The van der Waals surface area contributed by atoms with Gasteiger partial charge in [-0.25, -0.2) is 4.79 Å². The Kier molecular flexibility index (Phi) is 25.2. The second kappa shape index (κ2) is 30.6. The van der Waals surface area contributed by atoms with Gasteiger partial charge in [0.15, 0.2) is 5.60 Å². The average Bonchev–Trinajstić information content (AvgIpc) is 3.57. The highest BCUT2D eigenvalue weighted by Gasteiger charge is 2.53. The van der Waals surface area contributed by atoms with E-state index in [9.17, 15) is 4.79 Å². The molecule has 1 spiro atoms. The van der Waals surface area contributed by atoms with Crippen LogP contribution in [-0.4, -0.2) is 19.1 Å². The summed E-state index contributed by atoms with van der Waals surface area (Å²) in [5.41, 5.74) is 4.30. The summed E-state index contributed by atoms with van der Waals surface area (Å²) in [4.78, 5) is 13.4. The third-order valence-corrected chi connectivity index (χ3v) is 13.4. The summed E-state index contributed by atoms with van der Waals surface area (Å²) in [6.07, 6.45) is 44.1. The summed E-state index contributed by atoms with van der Waals surface area (Å²) in [5, 5.41) is 7.32. The zero-order chi connectivity index (χ0) is 42.6. The number of nitrogens with one attached hydrogen (secondary N) is 2. The maximum Gasteiger partial charge on any atom is 0.340 e. The number of anilines is 2. The normalized spacial score (nSPS) is 13.2. The molecule has 0 amide bonds. The van der Waals surface area contributed by atoms with Crippen LogP contribution in [0.15, 0.2) is 60.7 Å². The molecule has 0 unspecified atom stereocenters. The Morgan fingerprint density at radius 1 is 0.419 bits per heavy atom. The van der Waals surface area contributed by atoms with Crippen LogP contribution in [0.4, 0.5) is 11.4 Å². The SMILES string of the molecule is C.CCCCCCCCCCCCCCCCCCNc1ccc2c(c1)Oc1cc(NCCCCCCCCCCCCCCCCCC)ccc1C21OC(=O)c2ccccc21. The summed E-state index contributed by atoms with van der Waals surface area (Å²) in [7, 11) is 0. The molecule has 5 heteroatoms. The zero-order valence-electron chi connectivity index (χ0n) is 39.0. The third-order valence-electron chi connectivity index (χ3n) is 13.4. The number of fused-ring (bicyclic) bond motifs is 6. The molecule has 5 rings (SSSR count). The van der Waals surface area contributed by atoms with E-state index < -0.39 is 5.60 Å². The largest absolute Gasteiger partial charge is 0.456 e. The van der Waals surface area contributed by atoms with E-state index >= 15 is 0 Å². The van der Waals surface area contributed by atoms with Crippen molar-refractivity contribution in [3.63, 3.8) is 0 Å². The number of ether oxygens (including phenoxy) is 2. The van der Waals surface area contributed by atoms with E-state index in [0.717, 1.165) is 65.5 Å². The first-order valence-electron chi connectivity index (χ1n) is 25.9. The summed E-state index contributed by atoms with van der Waals surface area (Å²) < 4.78 is 13.1. The van der Waals surface area contributed by atoms with E-state index in [1.807, 2.05) is 24.3 Å². The Bertz CT molecular complexity index is 1560. The van der Waals surface area contributed by atoms with Crippen molar-refractivity contribution in [1.29, 1.82) is 0 Å². The second-order valence-electron chi connectivity index (χ2n) is 18.6. The van der Waals surface area contributed by atoms with Crippen molar-refractivity contribution in [3.8, 4) is 11.5 Å². The molecule has 346 valence electrons. The fourth-order valence-corrected chi connectivity index (χ4v) is 9.71. The highest BCUT2D eigenvalue weighted by Crippen LogP contribution is 2.56. The van der Waals surface area contributed by atoms with E-state index in [-0.39, 0.29) is 13.4 Å². The molecular formula is C57H90N2O3. The predicted molar refractivity (Wildman–Crippen MR) is 267 cm³/mol. The first-order chi connectivity index (χ1) is 30.2. The van der Waals surface area contributed by atoms with Crippen molar-refractivity contribution < 1.29 is 14.3 Å². The molecule has 2 N–H and O–H groups in total. The second-order valence-corrected chi connectivity index (χ2v) is 18.6. The quantitative estimate of drug-likeness (QED) is 0.0451. The van der Waals surface area contributed by atoms with Gasteiger partial charge in [0.05, 0.1) is 5.56 Å². The summed E-state index contributed by atoms with van der Waals surface area (Å²) in [6, 6.07) is 20.4. The number of hydrogen-bond acceptors (Lipinski definition) is 5. The monoisotopic (exact) mass is 851 g/mol. The molecule has 0 atom stereocenters. The van der Waals surface area contributed by atoms with Gasteiger partial charge in [-0.1, -0.05) is 232 Å². The Labute approximate surface area is 380 Å². The highest BCUT2D eigenvalue weighted by molar-refractivity contribution is 5.97. The number of rotatable bonds is 36. The molecule has 3 aromatic carbocycles. The molecular weight excluding hydrogens is 761 g/mol. The topological polar surface area (TPSA) is 59.6 Å². The van der Waals surface area contributed by atoms with E-state index in [4.69, 9.17) is 9.47 Å². The molecule has 3 aromatic rings. The van der Waals surface area contributed by atoms with Gasteiger partial charge in [-0.2, -0.15) is 0 Å². The van der Waals surface area contributed by atoms with Crippen molar-refractivity contribution in [2.24, 2.45) is 0 Å². The standard InChI is InChI=1S/C56H86N2O3.CH4/c1-3-5-7-9-11-13-15-17-19-21-23-25-27-29-31-35-43-57-47-39-41-51-53(45-47)60-54-46-48(40-42-52(54)56(51)50-38-34-33-37-49(50)55(59)61-56)58-44-36-32-30-28-26-24-22-20-18-16-14-12-10-8-6-4-2;/h33-34,37-42,45-46,57-58H,3-32,35-36,43-44H2,1-2H3;1H4. The molecule has 0 aliphatic carbocycles. The van der Waals surface area contributed by atoms with Gasteiger partial charge < -0.3 is 20.1 Å². The van der Waals surface area contributed by atoms with Crippen LogP contribution >= 0.6 is 0 Å². The van der Waals surface area contributed by atoms with Gasteiger partial charge in [0.1, 0.15) is 11.5 Å². The Balaban J connectivity index is 0.00000845. The fourth-order valence-electron chi connectivity index (χ4n) is 9.71. The third kappa shape index (κ3) is 16.6. The van der Waals surface area contributed by atoms with Crippen LogP contribution in [0.2, 0.25) is 0 Å². The lowest BCUT2D eigenvalue weighted by Crippen LogP contribution is -2.33. The summed E-state index contributed by atoms with van der Waals surface area (Å²) in [5.74, 6) is 1.19. The first-order valence-corrected chi connectivity index (χ1v) is 25.9. The minimum absolute atomic E-state index is 0. The van der Waals surface area contributed by atoms with E-state index in [2.05, 4.69) is 60.9 Å². The average molecular weight is 851 g/mol. The van der Waals surface area contributed by atoms with Crippen molar-refractivity contribution in [2.75, 3.05) is 23.7 Å². The lowest BCUT2D eigenvalue weighted by molar-refractivity contribution is 0.0224. The van der Waals surface area contributed by atoms with Gasteiger partial charge in [0.25, 0.3) is 0 Å². The van der Waals surface area contributed by atoms with E-state index in [1.54, 1.807) is 0 Å². The molecule has 0 saturated heterocycles. The molecule has 2 aliphatic rings. The van der Waals surface area contributed by atoms with Crippen LogP contribution in [0.5, 0.6) is 11.5 Å². The molecule has 0 radical (unpaired) electrons. The van der Waals surface area contributed by atoms with Crippen molar-refractivity contribution in [2.45, 2.75) is 232 Å². The van der Waals surface area contributed by atoms with Crippen LogP contribution < -0.4 is 15.4 Å². The fraction of sp³-hybridized carbons (Fsp3) is 0.667. The molecule has 2 heterocycles. The van der Waals surface area contributed by atoms with Gasteiger partial charge in [0, 0.05) is 53.3 Å². The molecule has 0 aromatic heterocycles. The Hall–Kier alpha value is -3.47. The van der Waals surface area contributed by atoms with E-state index in [1.165, 1.54) is 193 Å². The number of carbonyl (C=O) groups excluding carboxylic acids is 1. The van der Waals surface area contributed by atoms with Gasteiger partial charge in [-0.3, -0.25) is 0 Å². The van der Waals surface area contributed by atoms with Gasteiger partial charge in [0.2, 0.25) is 0 Å². The van der Waals surface area contributed by atoms with Crippen LogP contribution in [-0.2, 0) is 10.3 Å². The lowest BCUT2D eigenvalue weighted by atomic mass is 9.77. The molecule has 0 fully saturated rings. The van der Waals surface area contributed by atoms with Crippen molar-refractivity contribution >= 4 is 17.3 Å². The number of carbonyl (C=O) groups is 1. The van der Waals surface area contributed by atoms with Crippen LogP contribution in [0, 0.1) is 0 Å². The van der Waals surface area contributed by atoms with Crippen molar-refractivity contribution in [3.05, 3.63) is 82.9 Å². The maximum atomic E-state index is 13.4. The highest BCUT2D eigenvalue weighted by atomic mass is 16.6. The molecule has 0 bridgehead atoms. The smallest absolute Gasteiger partial charge is 0.340 e. The zero-order valence-corrected chi connectivity index (χ0v) is 39.0. The van der Waals surface area contributed by atoms with Crippen LogP contribution in [0.25, 0.3) is 0 Å². The Morgan fingerprint density at radius 3 is 1.13 bits per heavy atom. The predicted octanol–water partition coefficient (Wildman–Crippen LogP) is 18.2. The minimum atomic E-state index is -1.03. The van der Waals surface area contributed by atoms with Gasteiger partial charge in [-0.15, -0.1) is 0 Å². The molecule has 62 heavy (non-hydrogen) atoms.